The van der Waals surface area contributed by atoms with Crippen molar-refractivity contribution in [2.45, 2.75) is 179 Å². The second kappa shape index (κ2) is 22.0. The molecular formula is C39H68O26S5. The number of aliphatic hydroxyl groups excluding tert-OH is 2. The van der Waals surface area contributed by atoms with Gasteiger partial charge in [-0.15, -0.1) is 0 Å². The molecule has 0 aromatic carbocycles. The van der Waals surface area contributed by atoms with Crippen LogP contribution in [0.4, 0.5) is 0 Å². The van der Waals surface area contributed by atoms with Gasteiger partial charge in [0.1, 0.15) is 36.6 Å². The molecule has 0 bridgehead atoms. The molecule has 0 aromatic heterocycles. The van der Waals surface area contributed by atoms with Gasteiger partial charge in [0.25, 0.3) is 0 Å². The molecule has 19 atom stereocenters. The Balaban J connectivity index is 1.23. The largest absolute Gasteiger partial charge is 0.397 e. The van der Waals surface area contributed by atoms with Crippen molar-refractivity contribution in [2.24, 2.45) is 52.3 Å². The van der Waals surface area contributed by atoms with Crippen LogP contribution in [0, 0.1) is 52.3 Å². The van der Waals surface area contributed by atoms with Gasteiger partial charge in [-0.3, -0.25) is 22.8 Å². The molecule has 70 heavy (non-hydrogen) atoms. The molecule has 6 rings (SSSR count). The maximum absolute atomic E-state index is 12.3. The molecule has 6 fully saturated rings. The van der Waals surface area contributed by atoms with Crippen LogP contribution in [0.3, 0.4) is 0 Å². The minimum absolute atomic E-state index is 0.0892. The van der Waals surface area contributed by atoms with Gasteiger partial charge < -0.3 is 29.2 Å². The zero-order valence-electron chi connectivity index (χ0n) is 39.2. The molecule has 7 N–H and O–H groups in total. The Labute approximate surface area is 409 Å². The van der Waals surface area contributed by atoms with Gasteiger partial charge in [0.15, 0.2) is 24.8 Å². The van der Waals surface area contributed by atoms with E-state index in [1.807, 2.05) is 0 Å². The van der Waals surface area contributed by atoms with E-state index in [9.17, 15) is 70.5 Å². The number of hydrogen-bond donors (Lipinski definition) is 7. The third-order valence-corrected chi connectivity index (χ3v) is 18.4. The summed E-state index contributed by atoms with van der Waals surface area (Å²) < 4.78 is 211. The number of ether oxygens (including phenoxy) is 4. The van der Waals surface area contributed by atoms with E-state index in [1.165, 1.54) is 32.1 Å². The Morgan fingerprint density at radius 2 is 1.04 bits per heavy atom. The number of rotatable bonds is 21. The summed E-state index contributed by atoms with van der Waals surface area (Å²) in [6.07, 6.45) is -13.5. The SMILES string of the molecule is CC(C)CCC[C@@H](C)[C@H]1CC[C@H]2[C@@H]3CC[C@H]4C[C@@H](O[C@@H]5O[C@@H](COS(=O)(=O)O)[C@@H](O[C@@H]6O[C@@H](COS(=O)(=O)O)[C@@H](OS(=O)(=O)O)[C@H](O)[C@H]6OS(=O)(=O)O)[C@H](O)[C@H]5OS(=O)(=O)O)CC[C@]4(C)[C@H]3CC[C@]12C. The summed E-state index contributed by atoms with van der Waals surface area (Å²) in [4.78, 5) is 0. The van der Waals surface area contributed by atoms with E-state index in [-0.39, 0.29) is 16.7 Å². The smallest absolute Gasteiger partial charge is 0.387 e. The van der Waals surface area contributed by atoms with Crippen LogP contribution in [0.15, 0.2) is 0 Å². The molecule has 31 heteroatoms. The van der Waals surface area contributed by atoms with Crippen LogP contribution < -0.4 is 0 Å². The second-order valence-corrected chi connectivity index (χ2v) is 26.1. The molecule has 26 nitrogen and oxygen atoms in total. The van der Waals surface area contributed by atoms with Gasteiger partial charge in [-0.25, -0.2) is 20.9 Å². The fraction of sp³-hybridized carbons (Fsp3) is 1.00. The van der Waals surface area contributed by atoms with Crippen molar-refractivity contribution in [3.05, 3.63) is 0 Å². The first-order chi connectivity index (χ1) is 32.1. The molecule has 4 aliphatic carbocycles. The third-order valence-electron chi connectivity index (χ3n) is 16.1. The summed E-state index contributed by atoms with van der Waals surface area (Å²) in [6.45, 7) is 8.91. The third kappa shape index (κ3) is 14.5. The molecule has 0 unspecified atom stereocenters. The van der Waals surface area contributed by atoms with Crippen molar-refractivity contribution in [3.8, 4) is 0 Å². The minimum Gasteiger partial charge on any atom is -0.387 e. The number of hydrogen-bond acceptors (Lipinski definition) is 21. The normalized spacial score (nSPS) is 41.4. The monoisotopic (exact) mass is 1110 g/mol. The standard InChI is InChI=1S/C39H68O26S5/c1-20(2)7-6-8-21(3)25-11-12-26-24-10-9-22-17-23(13-15-38(22,4)27(24)14-16-39(25,26)5)59-36-34(64-69(51,52)53)30(40)32(28(60-36)18-57-66(42,43)44)62-37-35(65-70(54,55)56)31(41)33(63-68(48,49)50)29(61-37)19-58-67(45,46)47/h20-37,40-41H,6-19H2,1-5H3,(H,42,43,44)(H,45,46,47)(H,48,49,50)(H,51,52,53)(H,54,55,56)/t21-,22+,23+,24+,25-,26+,27+,28+,29+,30+,31+,32-,33-,34-,35-,36-,37+,38+,39-/m1/s1. The summed E-state index contributed by atoms with van der Waals surface area (Å²) in [5.41, 5.74) is 0.168. The van der Waals surface area contributed by atoms with E-state index in [4.69, 9.17) is 27.7 Å². The van der Waals surface area contributed by atoms with E-state index in [0.29, 0.717) is 54.8 Å². The molecule has 2 saturated heterocycles. The molecular weight excluding hydrogens is 1040 g/mol. The van der Waals surface area contributed by atoms with Gasteiger partial charge in [-0.1, -0.05) is 53.9 Å². The van der Waals surface area contributed by atoms with Crippen molar-refractivity contribution < 1.29 is 115 Å². The van der Waals surface area contributed by atoms with Crippen LogP contribution in [-0.2, 0) is 91.9 Å². The number of aliphatic hydroxyl groups is 2. The highest BCUT2D eigenvalue weighted by molar-refractivity contribution is 7.81. The van der Waals surface area contributed by atoms with Gasteiger partial charge in [-0.2, -0.15) is 42.1 Å². The van der Waals surface area contributed by atoms with Gasteiger partial charge in [0.2, 0.25) is 0 Å². The van der Waals surface area contributed by atoms with Crippen LogP contribution >= 0.6 is 0 Å². The lowest BCUT2D eigenvalue weighted by atomic mass is 9.44. The lowest BCUT2D eigenvalue weighted by Crippen LogP contribution is -2.66. The fourth-order valence-electron chi connectivity index (χ4n) is 13.2. The number of fused-ring (bicyclic) bond motifs is 5. The Kier molecular flexibility index (Phi) is 18.3. The molecule has 2 aliphatic heterocycles. The van der Waals surface area contributed by atoms with Crippen LogP contribution in [0.1, 0.15) is 112 Å². The first-order valence-corrected chi connectivity index (χ1v) is 30.1. The van der Waals surface area contributed by atoms with E-state index < -0.39 is 133 Å². The Morgan fingerprint density at radius 1 is 0.557 bits per heavy atom. The van der Waals surface area contributed by atoms with Crippen molar-refractivity contribution in [1.29, 1.82) is 0 Å². The van der Waals surface area contributed by atoms with Crippen LogP contribution in [0.25, 0.3) is 0 Å². The predicted molar refractivity (Wildman–Crippen MR) is 236 cm³/mol. The van der Waals surface area contributed by atoms with E-state index >= 15 is 0 Å². The van der Waals surface area contributed by atoms with Crippen LogP contribution in [0.2, 0.25) is 0 Å². The molecule has 0 radical (unpaired) electrons. The minimum atomic E-state index is -5.75. The van der Waals surface area contributed by atoms with Gasteiger partial charge in [0, 0.05) is 0 Å². The molecule has 0 aromatic rings. The quantitative estimate of drug-likeness (QED) is 0.0640. The average molecular weight is 1110 g/mol. The molecule has 4 saturated carbocycles. The molecule has 0 amide bonds. The van der Waals surface area contributed by atoms with Gasteiger partial charge >= 0.3 is 52.0 Å². The lowest BCUT2D eigenvalue weighted by Gasteiger charge is -2.61. The van der Waals surface area contributed by atoms with Crippen molar-refractivity contribution in [2.75, 3.05) is 13.2 Å². The van der Waals surface area contributed by atoms with Crippen molar-refractivity contribution >= 4 is 52.0 Å². The molecule has 2 heterocycles. The van der Waals surface area contributed by atoms with E-state index in [0.717, 1.165) is 25.7 Å². The first-order valence-electron chi connectivity index (χ1n) is 23.3. The molecule has 410 valence electrons. The zero-order chi connectivity index (χ0) is 52.2. The highest BCUT2D eigenvalue weighted by Crippen LogP contribution is 2.68. The maximum Gasteiger partial charge on any atom is 0.397 e. The Hall–Kier alpha value is -0.890. The predicted octanol–water partition coefficient (Wildman–Crippen LogP) is 2.25. The summed E-state index contributed by atoms with van der Waals surface area (Å²) in [7, 11) is -27.7. The van der Waals surface area contributed by atoms with Crippen LogP contribution in [0.5, 0.6) is 0 Å². The van der Waals surface area contributed by atoms with Crippen molar-refractivity contribution in [1.82, 2.24) is 0 Å². The van der Waals surface area contributed by atoms with Gasteiger partial charge in [0.05, 0.1) is 19.3 Å². The first kappa shape index (κ1) is 58.4. The van der Waals surface area contributed by atoms with E-state index in [1.54, 1.807) is 0 Å². The van der Waals surface area contributed by atoms with E-state index in [2.05, 4.69) is 51.4 Å². The molecule has 6 aliphatic rings. The highest BCUT2D eigenvalue weighted by atomic mass is 32.3. The summed E-state index contributed by atoms with van der Waals surface area (Å²) in [6, 6.07) is 0. The molecule has 0 spiro atoms. The fourth-order valence-corrected chi connectivity index (χ4v) is 15.3. The Morgan fingerprint density at radius 3 is 1.57 bits per heavy atom. The zero-order valence-corrected chi connectivity index (χ0v) is 43.3. The maximum atomic E-state index is 12.3. The summed E-state index contributed by atoms with van der Waals surface area (Å²) in [5.74, 6) is 3.67. The van der Waals surface area contributed by atoms with Crippen LogP contribution in [-0.4, -0.2) is 156 Å². The second-order valence-electron chi connectivity index (χ2n) is 20.8. The lowest BCUT2D eigenvalue weighted by molar-refractivity contribution is -0.357. The average Bonchev–Trinajstić information content (AvgIpc) is 3.56. The highest BCUT2D eigenvalue weighted by Gasteiger charge is 2.62. The van der Waals surface area contributed by atoms with Gasteiger partial charge in [-0.05, 0) is 110 Å². The topological polar surface area (TPSA) is 395 Å². The van der Waals surface area contributed by atoms with Crippen molar-refractivity contribution in [3.63, 3.8) is 0 Å². The Bertz CT molecular complexity index is 2370. The summed E-state index contributed by atoms with van der Waals surface area (Å²) >= 11 is 0. The summed E-state index contributed by atoms with van der Waals surface area (Å²) in [5, 5.41) is 22.9.